The van der Waals surface area contributed by atoms with E-state index in [1.165, 1.54) is 5.57 Å². The maximum Gasteiger partial charge on any atom is 0.0577 e. The van der Waals surface area contributed by atoms with Gasteiger partial charge in [0.15, 0.2) is 0 Å². The molecule has 1 nitrogen and oxygen atoms in total. The molecule has 0 aromatic rings. The van der Waals surface area contributed by atoms with E-state index in [9.17, 15) is 0 Å². The van der Waals surface area contributed by atoms with E-state index in [2.05, 4.69) is 13.0 Å². The summed E-state index contributed by atoms with van der Waals surface area (Å²) in [4.78, 5) is 0. The van der Waals surface area contributed by atoms with Gasteiger partial charge in [0.05, 0.1) is 6.10 Å². The highest BCUT2D eigenvalue weighted by atomic mass is 16.3. The summed E-state index contributed by atoms with van der Waals surface area (Å²) in [7, 11) is 0. The highest BCUT2D eigenvalue weighted by Crippen LogP contribution is 2.16. The third-order valence-corrected chi connectivity index (χ3v) is 1.61. The van der Waals surface area contributed by atoms with Gasteiger partial charge in [0.2, 0.25) is 0 Å². The van der Waals surface area contributed by atoms with Crippen LogP contribution >= 0.6 is 0 Å². The van der Waals surface area contributed by atoms with E-state index in [0.717, 1.165) is 19.3 Å². The first-order valence-electron chi connectivity index (χ1n) is 3.13. The maximum atomic E-state index is 8.98. The predicted octanol–water partition coefficient (Wildman–Crippen LogP) is 1.48. The van der Waals surface area contributed by atoms with Crippen molar-refractivity contribution in [2.45, 2.75) is 32.3 Å². The topological polar surface area (TPSA) is 20.2 Å². The fourth-order valence-electron chi connectivity index (χ4n) is 0.951. The Balaban J connectivity index is 2.42. The van der Waals surface area contributed by atoms with E-state index in [1.807, 2.05) is 0 Å². The van der Waals surface area contributed by atoms with Gasteiger partial charge in [-0.15, -0.1) is 0 Å². The molecule has 1 aliphatic carbocycles. The second-order valence-corrected chi connectivity index (χ2v) is 2.48. The van der Waals surface area contributed by atoms with Crippen LogP contribution in [-0.2, 0) is 0 Å². The van der Waals surface area contributed by atoms with E-state index in [0.29, 0.717) is 0 Å². The largest absolute Gasteiger partial charge is 0.393 e. The number of rotatable bonds is 0. The van der Waals surface area contributed by atoms with Crippen molar-refractivity contribution in [3.63, 3.8) is 0 Å². The van der Waals surface area contributed by atoms with E-state index < -0.39 is 0 Å². The van der Waals surface area contributed by atoms with Gasteiger partial charge in [-0.05, 0) is 26.2 Å². The summed E-state index contributed by atoms with van der Waals surface area (Å²) in [6.07, 6.45) is 4.97. The third-order valence-electron chi connectivity index (χ3n) is 1.61. The molecule has 8 heavy (non-hydrogen) atoms. The predicted molar refractivity (Wildman–Crippen MR) is 33.6 cm³/mol. The molecule has 0 aromatic carbocycles. The first-order chi connectivity index (χ1) is 3.79. The van der Waals surface area contributed by atoms with Gasteiger partial charge in [0, 0.05) is 0 Å². The Morgan fingerprint density at radius 1 is 1.75 bits per heavy atom. The fraction of sp³-hybridized carbons (Fsp3) is 0.714. The summed E-state index contributed by atoms with van der Waals surface area (Å²) in [5, 5.41) is 8.98. The molecule has 1 heteroatoms. The van der Waals surface area contributed by atoms with Gasteiger partial charge >= 0.3 is 0 Å². The highest BCUT2D eigenvalue weighted by Gasteiger charge is 2.06. The van der Waals surface area contributed by atoms with Gasteiger partial charge in [0.25, 0.3) is 0 Å². The van der Waals surface area contributed by atoms with Gasteiger partial charge in [-0.1, -0.05) is 11.6 Å². The molecule has 0 fully saturated rings. The molecule has 1 aliphatic rings. The van der Waals surface area contributed by atoms with Gasteiger partial charge in [-0.2, -0.15) is 0 Å². The van der Waals surface area contributed by atoms with E-state index in [-0.39, 0.29) is 6.10 Å². The van der Waals surface area contributed by atoms with Crippen LogP contribution in [0.5, 0.6) is 0 Å². The molecule has 0 spiro atoms. The van der Waals surface area contributed by atoms with Crippen LogP contribution < -0.4 is 0 Å². The van der Waals surface area contributed by atoms with Crippen LogP contribution in [0.2, 0.25) is 0 Å². The zero-order chi connectivity index (χ0) is 5.98. The number of hydrogen-bond acceptors (Lipinski definition) is 1. The molecule has 0 heterocycles. The van der Waals surface area contributed by atoms with E-state index in [4.69, 9.17) is 5.11 Å². The van der Waals surface area contributed by atoms with Crippen molar-refractivity contribution < 1.29 is 5.11 Å². The first kappa shape index (κ1) is 5.83. The first-order valence-corrected chi connectivity index (χ1v) is 3.13. The van der Waals surface area contributed by atoms with Gasteiger partial charge in [0.1, 0.15) is 0 Å². The maximum absolute atomic E-state index is 8.98. The molecule has 0 radical (unpaired) electrons. The zero-order valence-corrected chi connectivity index (χ0v) is 5.22. The smallest absolute Gasteiger partial charge is 0.0577 e. The lowest BCUT2D eigenvalue weighted by Gasteiger charge is -2.13. The third kappa shape index (κ3) is 1.34. The minimum Gasteiger partial charge on any atom is -0.393 e. The van der Waals surface area contributed by atoms with Gasteiger partial charge < -0.3 is 5.11 Å². The second-order valence-electron chi connectivity index (χ2n) is 2.48. The van der Waals surface area contributed by atoms with Crippen molar-refractivity contribution in [1.82, 2.24) is 0 Å². The Labute approximate surface area is 50.0 Å². The fourth-order valence-corrected chi connectivity index (χ4v) is 0.951. The average Bonchev–Trinajstić information content (AvgIpc) is 1.77. The van der Waals surface area contributed by atoms with Crippen molar-refractivity contribution in [1.29, 1.82) is 0 Å². The number of hydrogen-bond donors (Lipinski definition) is 1. The van der Waals surface area contributed by atoms with Crippen LogP contribution in [0.25, 0.3) is 0 Å². The van der Waals surface area contributed by atoms with Crippen molar-refractivity contribution in [2.24, 2.45) is 0 Å². The molecule has 0 saturated heterocycles. The van der Waals surface area contributed by atoms with Gasteiger partial charge in [-0.3, -0.25) is 0 Å². The molecule has 0 bridgehead atoms. The minimum absolute atomic E-state index is 0.0568. The van der Waals surface area contributed by atoms with Crippen LogP contribution in [0.3, 0.4) is 0 Å². The highest BCUT2D eigenvalue weighted by molar-refractivity contribution is 5.02. The Kier molecular flexibility index (Phi) is 1.69. The van der Waals surface area contributed by atoms with Crippen LogP contribution in [0.4, 0.5) is 0 Å². The summed E-state index contributed by atoms with van der Waals surface area (Å²) in [6.45, 7) is 2.12. The lowest BCUT2D eigenvalue weighted by molar-refractivity contribution is 0.162. The summed E-state index contributed by atoms with van der Waals surface area (Å²) in [5.74, 6) is 0. The van der Waals surface area contributed by atoms with Crippen LogP contribution in [0.15, 0.2) is 11.6 Å². The Bertz CT molecular complexity index is 105. The molecule has 0 saturated carbocycles. The molecule has 1 rings (SSSR count). The van der Waals surface area contributed by atoms with Crippen molar-refractivity contribution in [3.05, 3.63) is 11.6 Å². The molecule has 1 N–H and O–H groups in total. The molecule has 0 aliphatic heterocycles. The monoisotopic (exact) mass is 112 g/mol. The average molecular weight is 112 g/mol. The standard InChI is InChI=1S/C7H12O/c1-6-2-4-7(8)5-3-6/h2,7-8H,3-5H2,1H3. The quantitative estimate of drug-likeness (QED) is 0.470. The normalized spacial score (nSPS) is 29.8. The molecule has 1 unspecified atom stereocenters. The van der Waals surface area contributed by atoms with Gasteiger partial charge in [-0.25, -0.2) is 0 Å². The van der Waals surface area contributed by atoms with Crippen molar-refractivity contribution in [2.75, 3.05) is 0 Å². The number of allylic oxidation sites excluding steroid dienone is 1. The van der Waals surface area contributed by atoms with Crippen molar-refractivity contribution in [3.8, 4) is 0 Å². The molecule has 0 aromatic heterocycles. The summed E-state index contributed by atoms with van der Waals surface area (Å²) in [5.41, 5.74) is 1.43. The SMILES string of the molecule is CC1=CCC(O)CC1. The zero-order valence-electron chi connectivity index (χ0n) is 5.22. The molecular formula is C7H12O. The molecule has 0 amide bonds. The molecular weight excluding hydrogens is 100 g/mol. The molecule has 1 atom stereocenters. The lowest BCUT2D eigenvalue weighted by atomic mass is 9.99. The lowest BCUT2D eigenvalue weighted by Crippen LogP contribution is -2.08. The second kappa shape index (κ2) is 2.31. The summed E-state index contributed by atoms with van der Waals surface area (Å²) in [6, 6.07) is 0. The Hall–Kier alpha value is -0.300. The van der Waals surface area contributed by atoms with Crippen LogP contribution in [0.1, 0.15) is 26.2 Å². The number of aliphatic hydroxyl groups is 1. The van der Waals surface area contributed by atoms with Crippen molar-refractivity contribution >= 4 is 0 Å². The number of aliphatic hydroxyl groups excluding tert-OH is 1. The Morgan fingerprint density at radius 3 is 2.88 bits per heavy atom. The van der Waals surface area contributed by atoms with Crippen LogP contribution in [0, 0.1) is 0 Å². The Morgan fingerprint density at radius 2 is 2.50 bits per heavy atom. The summed E-state index contributed by atoms with van der Waals surface area (Å²) >= 11 is 0. The van der Waals surface area contributed by atoms with Crippen LogP contribution in [-0.4, -0.2) is 11.2 Å². The summed E-state index contributed by atoms with van der Waals surface area (Å²) < 4.78 is 0. The minimum atomic E-state index is -0.0568. The van der Waals surface area contributed by atoms with E-state index in [1.54, 1.807) is 0 Å². The molecule has 46 valence electrons. The van der Waals surface area contributed by atoms with E-state index >= 15 is 0 Å².